The van der Waals surface area contributed by atoms with E-state index in [1.807, 2.05) is 24.4 Å². The first-order valence-electron chi connectivity index (χ1n) is 7.05. The zero-order chi connectivity index (χ0) is 14.7. The van der Waals surface area contributed by atoms with Gasteiger partial charge in [-0.25, -0.2) is 4.68 Å². The molecule has 1 saturated heterocycles. The molecule has 1 aromatic heterocycles. The van der Waals surface area contributed by atoms with E-state index in [0.717, 1.165) is 37.3 Å². The lowest BCUT2D eigenvalue weighted by Gasteiger charge is -2.21. The first-order valence-corrected chi connectivity index (χ1v) is 7.43. The molecule has 21 heavy (non-hydrogen) atoms. The minimum absolute atomic E-state index is 0.0689. The molecule has 3 rings (SSSR count). The van der Waals surface area contributed by atoms with Crippen LogP contribution < -0.4 is 10.6 Å². The number of amides is 1. The molecule has 0 atom stereocenters. The number of rotatable bonds is 3. The summed E-state index contributed by atoms with van der Waals surface area (Å²) < 4.78 is 1.70. The van der Waals surface area contributed by atoms with Crippen molar-refractivity contribution in [1.29, 1.82) is 0 Å². The highest BCUT2D eigenvalue weighted by Gasteiger charge is 2.21. The van der Waals surface area contributed by atoms with E-state index >= 15 is 0 Å². The van der Waals surface area contributed by atoms with Gasteiger partial charge >= 0.3 is 0 Å². The third-order valence-electron chi connectivity index (χ3n) is 3.68. The summed E-state index contributed by atoms with van der Waals surface area (Å²) in [5, 5.41) is 10.9. The molecule has 6 heteroatoms. The number of aromatic nitrogens is 2. The number of nitrogens with one attached hydrogen (secondary N) is 2. The lowest BCUT2D eigenvalue weighted by Crippen LogP contribution is -2.34. The van der Waals surface area contributed by atoms with Crippen LogP contribution in [-0.4, -0.2) is 28.8 Å². The molecule has 1 fully saturated rings. The van der Waals surface area contributed by atoms with Crippen LogP contribution in [0.25, 0.3) is 5.69 Å². The van der Waals surface area contributed by atoms with Crippen molar-refractivity contribution in [3.05, 3.63) is 41.7 Å². The van der Waals surface area contributed by atoms with E-state index in [9.17, 15) is 4.79 Å². The number of piperidine rings is 1. The van der Waals surface area contributed by atoms with Gasteiger partial charge in [-0.1, -0.05) is 11.6 Å². The second-order valence-corrected chi connectivity index (χ2v) is 5.54. The average Bonchev–Trinajstić information content (AvgIpc) is 3.02. The van der Waals surface area contributed by atoms with Gasteiger partial charge in [0.15, 0.2) is 0 Å². The summed E-state index contributed by atoms with van der Waals surface area (Å²) in [5.41, 5.74) is 1.51. The Hall–Kier alpha value is -1.85. The monoisotopic (exact) mass is 304 g/mol. The van der Waals surface area contributed by atoms with Gasteiger partial charge in [-0.15, -0.1) is 0 Å². The van der Waals surface area contributed by atoms with E-state index in [2.05, 4.69) is 15.7 Å². The Morgan fingerprint density at radius 1 is 1.38 bits per heavy atom. The average molecular weight is 305 g/mol. The predicted octanol–water partition coefficient (Wildman–Crippen LogP) is 2.46. The largest absolute Gasteiger partial charge is 0.326 e. The minimum Gasteiger partial charge on any atom is -0.326 e. The number of carbonyl (C=O) groups is 1. The summed E-state index contributed by atoms with van der Waals surface area (Å²) in [4.78, 5) is 12.2. The van der Waals surface area contributed by atoms with E-state index in [-0.39, 0.29) is 11.8 Å². The molecule has 5 nitrogen and oxygen atoms in total. The number of carbonyl (C=O) groups excluding carboxylic acids is 1. The quantitative estimate of drug-likeness (QED) is 0.916. The molecule has 0 bridgehead atoms. The van der Waals surface area contributed by atoms with Gasteiger partial charge in [-0.3, -0.25) is 4.79 Å². The molecule has 0 saturated carbocycles. The van der Waals surface area contributed by atoms with Gasteiger partial charge in [0.25, 0.3) is 0 Å². The molecule has 0 radical (unpaired) electrons. The minimum atomic E-state index is 0.0689. The Bertz CT molecular complexity index is 621. The number of hydrogen-bond donors (Lipinski definition) is 2. The number of nitrogens with zero attached hydrogens (tertiary/aromatic N) is 2. The van der Waals surface area contributed by atoms with Crippen molar-refractivity contribution >= 4 is 23.2 Å². The third-order valence-corrected chi connectivity index (χ3v) is 3.98. The predicted molar refractivity (Wildman–Crippen MR) is 82.8 cm³/mol. The van der Waals surface area contributed by atoms with E-state index in [0.29, 0.717) is 5.02 Å². The zero-order valence-electron chi connectivity index (χ0n) is 11.6. The molecule has 2 N–H and O–H groups in total. The van der Waals surface area contributed by atoms with Crippen molar-refractivity contribution in [2.24, 2.45) is 5.92 Å². The van der Waals surface area contributed by atoms with Gasteiger partial charge in [0.05, 0.1) is 10.7 Å². The second kappa shape index (κ2) is 6.28. The molecule has 1 aromatic carbocycles. The Labute approximate surface area is 128 Å². The van der Waals surface area contributed by atoms with Crippen LogP contribution in [0.2, 0.25) is 5.02 Å². The van der Waals surface area contributed by atoms with Gasteiger partial charge in [-0.2, -0.15) is 5.10 Å². The van der Waals surface area contributed by atoms with E-state index in [4.69, 9.17) is 11.6 Å². The van der Waals surface area contributed by atoms with Gasteiger partial charge in [0.1, 0.15) is 0 Å². The number of hydrogen-bond acceptors (Lipinski definition) is 3. The standard InChI is InChI=1S/C15H17ClN4O/c16-13-10-12(2-3-14(13)20-9-1-6-18-20)19-15(21)11-4-7-17-8-5-11/h1-3,6,9-11,17H,4-5,7-8H2,(H,19,21). The van der Waals surface area contributed by atoms with Crippen molar-refractivity contribution in [2.45, 2.75) is 12.8 Å². The number of anilines is 1. The molecule has 2 aromatic rings. The van der Waals surface area contributed by atoms with Gasteiger partial charge in [0, 0.05) is 24.0 Å². The molecular weight excluding hydrogens is 288 g/mol. The fourth-order valence-electron chi connectivity index (χ4n) is 2.51. The molecular formula is C15H17ClN4O. The third kappa shape index (κ3) is 3.25. The molecule has 0 aliphatic carbocycles. The molecule has 1 aliphatic heterocycles. The Morgan fingerprint density at radius 2 is 2.19 bits per heavy atom. The maximum absolute atomic E-state index is 12.2. The fourth-order valence-corrected chi connectivity index (χ4v) is 2.78. The lowest BCUT2D eigenvalue weighted by atomic mass is 9.97. The lowest BCUT2D eigenvalue weighted by molar-refractivity contribution is -0.120. The SMILES string of the molecule is O=C(Nc1ccc(-n2cccn2)c(Cl)c1)C1CCNCC1. The Balaban J connectivity index is 1.72. The van der Waals surface area contributed by atoms with Crippen LogP contribution >= 0.6 is 11.6 Å². The summed E-state index contributed by atoms with van der Waals surface area (Å²) in [6.45, 7) is 1.80. The maximum atomic E-state index is 12.2. The summed E-state index contributed by atoms with van der Waals surface area (Å²) in [6, 6.07) is 7.30. The molecule has 1 amide bonds. The van der Waals surface area contributed by atoms with Crippen LogP contribution in [0.3, 0.4) is 0 Å². The van der Waals surface area contributed by atoms with Crippen molar-refractivity contribution < 1.29 is 4.79 Å². The van der Waals surface area contributed by atoms with Crippen LogP contribution in [0.5, 0.6) is 0 Å². The van der Waals surface area contributed by atoms with Crippen molar-refractivity contribution in [3.8, 4) is 5.69 Å². The van der Waals surface area contributed by atoms with Crippen LogP contribution in [0.15, 0.2) is 36.7 Å². The molecule has 2 heterocycles. The number of benzene rings is 1. The molecule has 0 spiro atoms. The van der Waals surface area contributed by atoms with Crippen LogP contribution in [0.1, 0.15) is 12.8 Å². The van der Waals surface area contributed by atoms with Crippen LogP contribution in [0, 0.1) is 5.92 Å². The van der Waals surface area contributed by atoms with Gasteiger partial charge in [-0.05, 0) is 50.2 Å². The Morgan fingerprint density at radius 3 is 2.86 bits per heavy atom. The first kappa shape index (κ1) is 14.1. The highest BCUT2D eigenvalue weighted by Crippen LogP contribution is 2.24. The van der Waals surface area contributed by atoms with Crippen molar-refractivity contribution in [2.75, 3.05) is 18.4 Å². The maximum Gasteiger partial charge on any atom is 0.227 e. The van der Waals surface area contributed by atoms with E-state index in [1.165, 1.54) is 0 Å². The molecule has 1 aliphatic rings. The normalized spacial score (nSPS) is 15.9. The second-order valence-electron chi connectivity index (χ2n) is 5.13. The highest BCUT2D eigenvalue weighted by molar-refractivity contribution is 6.32. The molecule has 110 valence electrons. The fraction of sp³-hybridized carbons (Fsp3) is 0.333. The highest BCUT2D eigenvalue weighted by atomic mass is 35.5. The van der Waals surface area contributed by atoms with Crippen molar-refractivity contribution in [1.82, 2.24) is 15.1 Å². The summed E-state index contributed by atoms with van der Waals surface area (Å²) >= 11 is 6.27. The van der Waals surface area contributed by atoms with Crippen LogP contribution in [0.4, 0.5) is 5.69 Å². The van der Waals surface area contributed by atoms with Gasteiger partial charge in [0.2, 0.25) is 5.91 Å². The zero-order valence-corrected chi connectivity index (χ0v) is 12.3. The van der Waals surface area contributed by atoms with Crippen LogP contribution in [-0.2, 0) is 4.79 Å². The topological polar surface area (TPSA) is 59.0 Å². The number of halogens is 1. The van der Waals surface area contributed by atoms with Crippen molar-refractivity contribution in [3.63, 3.8) is 0 Å². The van der Waals surface area contributed by atoms with Gasteiger partial charge < -0.3 is 10.6 Å². The van der Waals surface area contributed by atoms with E-state index < -0.39 is 0 Å². The molecule has 0 unspecified atom stereocenters. The van der Waals surface area contributed by atoms with E-state index in [1.54, 1.807) is 16.9 Å². The Kier molecular flexibility index (Phi) is 4.22. The summed E-state index contributed by atoms with van der Waals surface area (Å²) in [6.07, 6.45) is 5.29. The smallest absolute Gasteiger partial charge is 0.227 e. The summed E-state index contributed by atoms with van der Waals surface area (Å²) in [5.74, 6) is 0.148. The summed E-state index contributed by atoms with van der Waals surface area (Å²) in [7, 11) is 0. The first-order chi connectivity index (χ1) is 10.2.